The normalized spacial score (nSPS) is 13.2. The molecule has 0 saturated heterocycles. The zero-order valence-corrected chi connectivity index (χ0v) is 13.1. The molecule has 0 aliphatic carbocycles. The van der Waals surface area contributed by atoms with Gasteiger partial charge in [0, 0.05) is 5.56 Å². The van der Waals surface area contributed by atoms with Crippen molar-refractivity contribution < 1.29 is 19.0 Å². The third kappa shape index (κ3) is 4.53. The maximum atomic E-state index is 12.9. The number of carbonyl (C=O) groups is 1. The first kappa shape index (κ1) is 17.0. The number of ether oxygens (including phenoxy) is 1. The molecule has 4 nitrogen and oxygen atoms in total. The summed E-state index contributed by atoms with van der Waals surface area (Å²) in [7, 11) is 0. The highest BCUT2D eigenvalue weighted by Crippen LogP contribution is 2.18. The molecule has 0 heterocycles. The van der Waals surface area contributed by atoms with Crippen LogP contribution in [0.4, 0.5) is 4.39 Å². The van der Waals surface area contributed by atoms with Gasteiger partial charge in [0.15, 0.2) is 0 Å². The molecule has 0 bridgehead atoms. The highest BCUT2D eigenvalue weighted by Gasteiger charge is 2.19. The number of aliphatic hydroxyl groups is 1. The van der Waals surface area contributed by atoms with Crippen LogP contribution in [-0.4, -0.2) is 23.7 Å². The largest absolute Gasteiger partial charge is 0.494 e. The van der Waals surface area contributed by atoms with Crippen LogP contribution in [0.2, 0.25) is 0 Å². The van der Waals surface area contributed by atoms with Crippen LogP contribution in [0.25, 0.3) is 0 Å². The number of hydrogen-bond acceptors (Lipinski definition) is 3. The average molecular weight is 317 g/mol. The van der Waals surface area contributed by atoms with Crippen LogP contribution < -0.4 is 10.1 Å². The van der Waals surface area contributed by atoms with Crippen LogP contribution in [0.3, 0.4) is 0 Å². The minimum Gasteiger partial charge on any atom is -0.494 e. The van der Waals surface area contributed by atoms with E-state index in [0.29, 0.717) is 23.5 Å². The second-order valence-electron chi connectivity index (χ2n) is 5.22. The fourth-order valence-corrected chi connectivity index (χ4v) is 2.19. The second-order valence-corrected chi connectivity index (χ2v) is 5.22. The lowest BCUT2D eigenvalue weighted by Gasteiger charge is -2.20. The summed E-state index contributed by atoms with van der Waals surface area (Å²) >= 11 is 0. The van der Waals surface area contributed by atoms with Gasteiger partial charge in [-0.3, -0.25) is 4.79 Å². The Labute approximate surface area is 134 Å². The van der Waals surface area contributed by atoms with Gasteiger partial charge in [-0.05, 0) is 55.8 Å². The predicted molar refractivity (Wildman–Crippen MR) is 85.9 cm³/mol. The number of amides is 1. The molecule has 2 rings (SSSR count). The molecule has 2 aromatic rings. The predicted octanol–water partition coefficient (Wildman–Crippen LogP) is 3.08. The maximum absolute atomic E-state index is 12.9. The minimum absolute atomic E-state index is 0.290. The molecule has 122 valence electrons. The van der Waals surface area contributed by atoms with Crippen molar-refractivity contribution in [2.75, 3.05) is 6.61 Å². The molecule has 2 unspecified atom stereocenters. The molecule has 0 radical (unpaired) electrons. The van der Waals surface area contributed by atoms with Gasteiger partial charge in [0.25, 0.3) is 5.91 Å². The zero-order chi connectivity index (χ0) is 16.8. The van der Waals surface area contributed by atoms with Crippen LogP contribution in [0.15, 0.2) is 48.5 Å². The second kappa shape index (κ2) is 7.74. The average Bonchev–Trinajstić information content (AvgIpc) is 2.55. The molecule has 0 spiro atoms. The molecular weight excluding hydrogens is 297 g/mol. The van der Waals surface area contributed by atoms with Crippen molar-refractivity contribution in [3.63, 3.8) is 0 Å². The molecule has 0 aliphatic heterocycles. The van der Waals surface area contributed by atoms with E-state index in [0.717, 1.165) is 0 Å². The van der Waals surface area contributed by atoms with E-state index in [-0.39, 0.29) is 11.7 Å². The number of halogens is 1. The number of hydrogen-bond donors (Lipinski definition) is 2. The van der Waals surface area contributed by atoms with Gasteiger partial charge >= 0.3 is 0 Å². The summed E-state index contributed by atoms with van der Waals surface area (Å²) in [5, 5.41) is 13.0. The lowest BCUT2D eigenvalue weighted by Crippen LogP contribution is -2.37. The van der Waals surface area contributed by atoms with Gasteiger partial charge in [-0.2, -0.15) is 0 Å². The molecule has 0 aromatic heterocycles. The summed E-state index contributed by atoms with van der Waals surface area (Å²) < 4.78 is 18.2. The van der Waals surface area contributed by atoms with E-state index in [9.17, 15) is 14.3 Å². The first-order chi connectivity index (χ1) is 11.0. The van der Waals surface area contributed by atoms with Gasteiger partial charge < -0.3 is 15.2 Å². The van der Waals surface area contributed by atoms with Crippen LogP contribution in [0.1, 0.15) is 35.9 Å². The van der Waals surface area contributed by atoms with Crippen molar-refractivity contribution >= 4 is 5.91 Å². The lowest BCUT2D eigenvalue weighted by molar-refractivity contribution is 0.0852. The summed E-state index contributed by atoms with van der Waals surface area (Å²) in [5.74, 6) is 0.0391. The number of benzene rings is 2. The summed E-state index contributed by atoms with van der Waals surface area (Å²) in [6, 6.07) is 11.8. The quantitative estimate of drug-likeness (QED) is 0.861. The Hall–Kier alpha value is -2.40. The fourth-order valence-electron chi connectivity index (χ4n) is 2.19. The van der Waals surface area contributed by atoms with Crippen molar-refractivity contribution in [1.82, 2.24) is 5.32 Å². The van der Waals surface area contributed by atoms with E-state index in [1.54, 1.807) is 31.2 Å². The first-order valence-corrected chi connectivity index (χ1v) is 7.48. The number of nitrogens with one attached hydrogen (secondary N) is 1. The fraction of sp³-hybridized carbons (Fsp3) is 0.278. The first-order valence-electron chi connectivity index (χ1n) is 7.48. The Bertz CT molecular complexity index is 640. The number of rotatable bonds is 6. The van der Waals surface area contributed by atoms with Gasteiger partial charge in [-0.25, -0.2) is 4.39 Å². The Morgan fingerprint density at radius 3 is 2.35 bits per heavy atom. The smallest absolute Gasteiger partial charge is 0.251 e. The summed E-state index contributed by atoms with van der Waals surface area (Å²) in [4.78, 5) is 12.2. The third-order valence-electron chi connectivity index (χ3n) is 3.47. The van der Waals surface area contributed by atoms with Crippen molar-refractivity contribution in [2.45, 2.75) is 26.0 Å². The summed E-state index contributed by atoms with van der Waals surface area (Å²) in [6.07, 6.45) is -0.915. The molecule has 2 aromatic carbocycles. The lowest BCUT2D eigenvalue weighted by atomic mass is 10.0. The van der Waals surface area contributed by atoms with Crippen LogP contribution >= 0.6 is 0 Å². The minimum atomic E-state index is -0.915. The topological polar surface area (TPSA) is 58.6 Å². The zero-order valence-electron chi connectivity index (χ0n) is 13.1. The molecule has 23 heavy (non-hydrogen) atoms. The van der Waals surface area contributed by atoms with Crippen molar-refractivity contribution in [1.29, 1.82) is 0 Å². The standard InChI is InChI=1S/C18H20FNO3/c1-3-23-16-10-6-14(7-11-16)18(22)20-12(2)17(21)13-4-8-15(19)9-5-13/h4-12,17,21H,3H2,1-2H3,(H,20,22). The highest BCUT2D eigenvalue weighted by atomic mass is 19.1. The molecule has 1 amide bonds. The van der Waals surface area contributed by atoms with Crippen LogP contribution in [0, 0.1) is 5.82 Å². The SMILES string of the molecule is CCOc1ccc(C(=O)NC(C)C(O)c2ccc(F)cc2)cc1. The van der Waals surface area contributed by atoms with Gasteiger partial charge in [0.05, 0.1) is 18.8 Å². The van der Waals surface area contributed by atoms with E-state index in [2.05, 4.69) is 5.32 Å². The molecule has 2 atom stereocenters. The summed E-state index contributed by atoms with van der Waals surface area (Å²) in [6.45, 7) is 4.14. The molecular formula is C18H20FNO3. The van der Waals surface area contributed by atoms with Crippen molar-refractivity contribution in [3.8, 4) is 5.75 Å². The number of carbonyl (C=O) groups excluding carboxylic acids is 1. The van der Waals surface area contributed by atoms with Gasteiger partial charge in [0.2, 0.25) is 0 Å². The molecule has 2 N–H and O–H groups in total. The molecule has 5 heteroatoms. The Balaban J connectivity index is 1.99. The van der Waals surface area contributed by atoms with Crippen molar-refractivity contribution in [2.24, 2.45) is 0 Å². The molecule has 0 saturated carbocycles. The van der Waals surface area contributed by atoms with Gasteiger partial charge in [0.1, 0.15) is 11.6 Å². The monoisotopic (exact) mass is 317 g/mol. The van der Waals surface area contributed by atoms with Crippen molar-refractivity contribution in [3.05, 3.63) is 65.5 Å². The van der Waals surface area contributed by atoms with E-state index in [1.165, 1.54) is 24.3 Å². The van der Waals surface area contributed by atoms with E-state index < -0.39 is 12.1 Å². The molecule has 0 fully saturated rings. The Morgan fingerprint density at radius 2 is 1.78 bits per heavy atom. The van der Waals surface area contributed by atoms with E-state index in [1.807, 2.05) is 6.92 Å². The van der Waals surface area contributed by atoms with E-state index in [4.69, 9.17) is 4.74 Å². The highest BCUT2D eigenvalue weighted by molar-refractivity contribution is 5.94. The molecule has 0 aliphatic rings. The third-order valence-corrected chi connectivity index (χ3v) is 3.47. The summed E-state index contributed by atoms with van der Waals surface area (Å²) in [5.41, 5.74) is 1.03. The Kier molecular flexibility index (Phi) is 5.71. The van der Waals surface area contributed by atoms with Gasteiger partial charge in [-0.15, -0.1) is 0 Å². The van der Waals surface area contributed by atoms with Crippen LogP contribution in [-0.2, 0) is 0 Å². The Morgan fingerprint density at radius 1 is 1.17 bits per heavy atom. The van der Waals surface area contributed by atoms with Gasteiger partial charge in [-0.1, -0.05) is 12.1 Å². The maximum Gasteiger partial charge on any atom is 0.251 e. The van der Waals surface area contributed by atoms with E-state index >= 15 is 0 Å². The van der Waals surface area contributed by atoms with Crippen LogP contribution in [0.5, 0.6) is 5.75 Å². The number of aliphatic hydroxyl groups excluding tert-OH is 1.